The monoisotopic (exact) mass is 388 g/mol. The van der Waals surface area contributed by atoms with Crippen molar-refractivity contribution in [2.45, 2.75) is 0 Å². The van der Waals surface area contributed by atoms with Crippen LogP contribution in [-0.4, -0.2) is 22.4 Å². The third-order valence-corrected chi connectivity index (χ3v) is 4.69. The molecule has 0 bridgehead atoms. The van der Waals surface area contributed by atoms with Gasteiger partial charge in [-0.2, -0.15) is 5.10 Å². The number of nitrogens with zero attached hydrogens (tertiary/aromatic N) is 4. The van der Waals surface area contributed by atoms with Crippen LogP contribution in [0.2, 0.25) is 10.0 Å². The van der Waals surface area contributed by atoms with E-state index in [1.165, 1.54) is 11.3 Å². The summed E-state index contributed by atoms with van der Waals surface area (Å²) >= 11 is 14.0. The summed E-state index contributed by atoms with van der Waals surface area (Å²) in [5.41, 5.74) is 2.56. The molecule has 0 N–H and O–H groups in total. The summed E-state index contributed by atoms with van der Waals surface area (Å²) in [7, 11) is 0. The molecular formula is C18H14Cl2N4S. The Morgan fingerprint density at radius 2 is 2.00 bits per heavy atom. The maximum absolute atomic E-state index is 6.36. The Balaban J connectivity index is 2.13. The lowest BCUT2D eigenvalue weighted by Crippen LogP contribution is -2.12. The van der Waals surface area contributed by atoms with Gasteiger partial charge in [0, 0.05) is 28.4 Å². The van der Waals surface area contributed by atoms with Gasteiger partial charge >= 0.3 is 0 Å². The summed E-state index contributed by atoms with van der Waals surface area (Å²) < 4.78 is 1.76. The van der Waals surface area contributed by atoms with Crippen LogP contribution in [0.15, 0.2) is 70.9 Å². The SMILES string of the molecule is C=CCN=c1scc(-c2cc(Cl)ccc2Cl)n1N=Cc1ccncc1. The van der Waals surface area contributed by atoms with Crippen molar-refractivity contribution in [2.24, 2.45) is 10.1 Å². The lowest BCUT2D eigenvalue weighted by molar-refractivity contribution is 0.840. The third-order valence-electron chi connectivity index (χ3n) is 3.27. The van der Waals surface area contributed by atoms with Gasteiger partial charge in [-0.25, -0.2) is 4.68 Å². The van der Waals surface area contributed by atoms with Crippen molar-refractivity contribution in [3.05, 3.63) is 81.2 Å². The first-order valence-corrected chi connectivity index (χ1v) is 9.04. The summed E-state index contributed by atoms with van der Waals surface area (Å²) in [6, 6.07) is 9.11. The van der Waals surface area contributed by atoms with Gasteiger partial charge in [0.2, 0.25) is 4.80 Å². The number of benzene rings is 1. The Hall–Kier alpha value is -2.21. The Labute approximate surface area is 159 Å². The van der Waals surface area contributed by atoms with Gasteiger partial charge < -0.3 is 0 Å². The van der Waals surface area contributed by atoms with Gasteiger partial charge in [-0.1, -0.05) is 29.3 Å². The van der Waals surface area contributed by atoms with Gasteiger partial charge in [-0.3, -0.25) is 9.98 Å². The van der Waals surface area contributed by atoms with Crippen LogP contribution in [0, 0.1) is 0 Å². The second kappa shape index (κ2) is 8.25. The molecule has 4 nitrogen and oxygen atoms in total. The lowest BCUT2D eigenvalue weighted by atomic mass is 10.2. The maximum atomic E-state index is 6.36. The quantitative estimate of drug-likeness (QED) is 0.453. The molecule has 3 aromatic rings. The van der Waals surface area contributed by atoms with Gasteiger partial charge in [0.15, 0.2) is 0 Å². The highest BCUT2D eigenvalue weighted by Crippen LogP contribution is 2.30. The smallest absolute Gasteiger partial charge is 0.206 e. The molecule has 0 spiro atoms. The number of pyridine rings is 1. The average molecular weight is 389 g/mol. The van der Waals surface area contributed by atoms with Crippen LogP contribution in [0.25, 0.3) is 11.3 Å². The Bertz CT molecular complexity index is 974. The van der Waals surface area contributed by atoms with Crippen LogP contribution in [0.3, 0.4) is 0 Å². The van der Waals surface area contributed by atoms with Crippen molar-refractivity contribution in [1.29, 1.82) is 0 Å². The van der Waals surface area contributed by atoms with Crippen molar-refractivity contribution < 1.29 is 0 Å². The van der Waals surface area contributed by atoms with Gasteiger partial charge in [-0.05, 0) is 35.9 Å². The molecule has 0 unspecified atom stereocenters. The number of thiazole rings is 1. The molecule has 0 radical (unpaired) electrons. The summed E-state index contributed by atoms with van der Waals surface area (Å²) in [6.45, 7) is 4.22. The number of hydrogen-bond acceptors (Lipinski definition) is 4. The normalized spacial score (nSPS) is 12.0. The number of hydrogen-bond donors (Lipinski definition) is 0. The molecule has 2 aromatic heterocycles. The standard InChI is InChI=1S/C18H14Cl2N4S/c1-2-7-22-18-24(23-11-13-5-8-21-9-6-13)17(12-25-18)15-10-14(19)3-4-16(15)20/h2-6,8-12H,1,7H2. The molecule has 0 atom stereocenters. The fourth-order valence-corrected chi connectivity index (χ4v) is 3.34. The molecule has 0 saturated heterocycles. The molecule has 7 heteroatoms. The lowest BCUT2D eigenvalue weighted by Gasteiger charge is -2.06. The Morgan fingerprint density at radius 3 is 2.76 bits per heavy atom. The summed E-state index contributed by atoms with van der Waals surface area (Å²) in [5, 5.41) is 7.76. The zero-order chi connectivity index (χ0) is 17.6. The molecule has 2 heterocycles. The number of aromatic nitrogens is 2. The van der Waals surface area contributed by atoms with E-state index in [0.717, 1.165) is 21.6 Å². The topological polar surface area (TPSA) is 42.5 Å². The third kappa shape index (κ3) is 4.25. The number of rotatable bonds is 5. The van der Waals surface area contributed by atoms with E-state index in [-0.39, 0.29) is 0 Å². The van der Waals surface area contributed by atoms with E-state index in [2.05, 4.69) is 21.7 Å². The van der Waals surface area contributed by atoms with Crippen LogP contribution in [0.5, 0.6) is 0 Å². The van der Waals surface area contributed by atoms with Crippen molar-refractivity contribution in [3.8, 4) is 11.3 Å². The van der Waals surface area contributed by atoms with E-state index in [4.69, 9.17) is 23.2 Å². The highest BCUT2D eigenvalue weighted by molar-refractivity contribution is 7.07. The first-order valence-electron chi connectivity index (χ1n) is 7.41. The Morgan fingerprint density at radius 1 is 1.20 bits per heavy atom. The van der Waals surface area contributed by atoms with Gasteiger partial charge in [0.25, 0.3) is 0 Å². The molecule has 1 aromatic carbocycles. The summed E-state index contributed by atoms with van der Waals surface area (Å²) in [4.78, 5) is 9.25. The minimum atomic E-state index is 0.508. The highest BCUT2D eigenvalue weighted by atomic mass is 35.5. The van der Waals surface area contributed by atoms with E-state index in [1.54, 1.807) is 41.5 Å². The fourth-order valence-electron chi connectivity index (χ4n) is 2.12. The van der Waals surface area contributed by atoms with E-state index >= 15 is 0 Å². The summed E-state index contributed by atoms with van der Waals surface area (Å²) in [5.74, 6) is 0. The largest absolute Gasteiger partial charge is 0.265 e. The maximum Gasteiger partial charge on any atom is 0.206 e. The Kier molecular flexibility index (Phi) is 5.81. The molecular weight excluding hydrogens is 375 g/mol. The van der Waals surface area contributed by atoms with E-state index in [0.29, 0.717) is 16.6 Å². The molecule has 25 heavy (non-hydrogen) atoms. The van der Waals surface area contributed by atoms with Crippen LogP contribution in [-0.2, 0) is 0 Å². The van der Waals surface area contributed by atoms with E-state index in [9.17, 15) is 0 Å². The fraction of sp³-hybridized carbons (Fsp3) is 0.0556. The van der Waals surface area contributed by atoms with Crippen molar-refractivity contribution >= 4 is 40.8 Å². The highest BCUT2D eigenvalue weighted by Gasteiger charge is 2.11. The molecule has 0 amide bonds. The van der Waals surface area contributed by atoms with Gasteiger partial charge in [0.1, 0.15) is 0 Å². The van der Waals surface area contributed by atoms with E-state index in [1.807, 2.05) is 23.6 Å². The predicted octanol–water partition coefficient (Wildman–Crippen LogP) is 4.89. The molecule has 126 valence electrons. The molecule has 0 aliphatic heterocycles. The number of halogens is 2. The first-order chi connectivity index (χ1) is 12.2. The second-order valence-corrected chi connectivity index (χ2v) is 6.67. The zero-order valence-corrected chi connectivity index (χ0v) is 15.5. The molecule has 0 saturated carbocycles. The van der Waals surface area contributed by atoms with Crippen molar-refractivity contribution in [1.82, 2.24) is 9.66 Å². The van der Waals surface area contributed by atoms with Crippen molar-refractivity contribution in [2.75, 3.05) is 6.54 Å². The van der Waals surface area contributed by atoms with Crippen LogP contribution >= 0.6 is 34.5 Å². The molecule has 0 aliphatic carbocycles. The van der Waals surface area contributed by atoms with Crippen LogP contribution < -0.4 is 4.80 Å². The minimum absolute atomic E-state index is 0.508. The van der Waals surface area contributed by atoms with Crippen LogP contribution in [0.1, 0.15) is 5.56 Å². The predicted molar refractivity (Wildman–Crippen MR) is 106 cm³/mol. The van der Waals surface area contributed by atoms with Gasteiger partial charge in [-0.15, -0.1) is 17.9 Å². The molecule has 3 rings (SSSR count). The van der Waals surface area contributed by atoms with Crippen molar-refractivity contribution in [3.63, 3.8) is 0 Å². The summed E-state index contributed by atoms with van der Waals surface area (Å²) in [6.07, 6.45) is 6.93. The first kappa shape index (κ1) is 17.6. The average Bonchev–Trinajstić information content (AvgIpc) is 3.03. The van der Waals surface area contributed by atoms with E-state index < -0.39 is 0 Å². The molecule has 0 aliphatic rings. The molecule has 0 fully saturated rings. The van der Waals surface area contributed by atoms with Crippen LogP contribution in [0.4, 0.5) is 0 Å². The van der Waals surface area contributed by atoms with Gasteiger partial charge in [0.05, 0.1) is 23.5 Å². The second-order valence-electron chi connectivity index (χ2n) is 4.99. The minimum Gasteiger partial charge on any atom is -0.265 e. The zero-order valence-electron chi connectivity index (χ0n) is 13.1.